The lowest BCUT2D eigenvalue weighted by atomic mass is 9.77. The number of hydrogen-bond acceptors (Lipinski definition) is 7. The number of carbonyl (C=O) groups is 1. The number of amides is 1. The SMILES string of the molecule is C[C@@H](Nc1ncnc2sc(C3(O)CCC(C(=O)N(C)C)CC3)cc12)c1cc(N)cc(C(F)(F)F)c1. The molecule has 2 aromatic heterocycles. The van der Waals surface area contributed by atoms with E-state index in [1.165, 1.54) is 23.7 Å². The highest BCUT2D eigenvalue weighted by atomic mass is 32.1. The molecule has 0 saturated heterocycles. The van der Waals surface area contributed by atoms with Gasteiger partial charge in [0, 0.05) is 30.6 Å². The zero-order valence-corrected chi connectivity index (χ0v) is 20.5. The van der Waals surface area contributed by atoms with Gasteiger partial charge in [-0.3, -0.25) is 4.79 Å². The highest BCUT2D eigenvalue weighted by Gasteiger charge is 2.39. The molecule has 0 bridgehead atoms. The third kappa shape index (κ3) is 5.20. The molecule has 3 aromatic rings. The molecule has 1 aliphatic rings. The number of aromatic nitrogens is 2. The molecule has 0 aliphatic heterocycles. The Bertz CT molecular complexity index is 1240. The summed E-state index contributed by atoms with van der Waals surface area (Å²) in [7, 11) is 3.47. The second-order valence-electron chi connectivity index (χ2n) is 9.34. The van der Waals surface area contributed by atoms with Crippen LogP contribution in [-0.4, -0.2) is 40.0 Å². The van der Waals surface area contributed by atoms with Crippen LogP contribution in [0.3, 0.4) is 0 Å². The second-order valence-corrected chi connectivity index (χ2v) is 10.4. The summed E-state index contributed by atoms with van der Waals surface area (Å²) in [4.78, 5) is 23.9. The molecule has 1 saturated carbocycles. The maximum absolute atomic E-state index is 13.2. The summed E-state index contributed by atoms with van der Waals surface area (Å²) in [5, 5.41) is 15.2. The predicted octanol–water partition coefficient (Wildman–Crippen LogP) is 4.93. The molecule has 0 spiro atoms. The number of fused-ring (bicyclic) bond motifs is 1. The minimum absolute atomic E-state index is 0.0275. The van der Waals surface area contributed by atoms with Crippen molar-refractivity contribution in [1.29, 1.82) is 0 Å². The van der Waals surface area contributed by atoms with Crippen LogP contribution in [0, 0.1) is 5.92 Å². The van der Waals surface area contributed by atoms with Crippen molar-refractivity contribution in [3.05, 3.63) is 46.6 Å². The van der Waals surface area contributed by atoms with Crippen LogP contribution in [0.15, 0.2) is 30.6 Å². The molecule has 1 fully saturated rings. The van der Waals surface area contributed by atoms with Crippen LogP contribution >= 0.6 is 11.3 Å². The van der Waals surface area contributed by atoms with E-state index in [0.717, 1.165) is 17.0 Å². The molecule has 1 atom stereocenters. The Hall–Kier alpha value is -2.92. The van der Waals surface area contributed by atoms with Crippen molar-refractivity contribution in [3.63, 3.8) is 0 Å². The van der Waals surface area contributed by atoms with Gasteiger partial charge < -0.3 is 21.1 Å². The van der Waals surface area contributed by atoms with E-state index in [0.29, 0.717) is 47.3 Å². The highest BCUT2D eigenvalue weighted by molar-refractivity contribution is 7.18. The highest BCUT2D eigenvalue weighted by Crippen LogP contribution is 2.45. The number of nitrogen functional groups attached to an aromatic ring is 1. The molecular weight excluding hydrogens is 479 g/mol. The van der Waals surface area contributed by atoms with Gasteiger partial charge in [-0.15, -0.1) is 11.3 Å². The fourth-order valence-corrected chi connectivity index (χ4v) is 5.68. The molecule has 11 heteroatoms. The molecule has 7 nitrogen and oxygen atoms in total. The Morgan fingerprint density at radius 2 is 1.91 bits per heavy atom. The molecule has 2 heterocycles. The van der Waals surface area contributed by atoms with Crippen molar-refractivity contribution >= 4 is 39.0 Å². The fraction of sp³-hybridized carbons (Fsp3) is 0.458. The Kier molecular flexibility index (Phi) is 6.67. The number of halogens is 3. The Labute approximate surface area is 205 Å². The van der Waals surface area contributed by atoms with Crippen LogP contribution < -0.4 is 11.1 Å². The van der Waals surface area contributed by atoms with Crippen LogP contribution in [0.25, 0.3) is 10.2 Å². The summed E-state index contributed by atoms with van der Waals surface area (Å²) in [6.45, 7) is 1.73. The monoisotopic (exact) mass is 507 g/mol. The van der Waals surface area contributed by atoms with E-state index in [9.17, 15) is 23.1 Å². The van der Waals surface area contributed by atoms with Gasteiger partial charge in [-0.1, -0.05) is 0 Å². The minimum atomic E-state index is -4.50. The molecule has 188 valence electrons. The summed E-state index contributed by atoms with van der Waals surface area (Å²) < 4.78 is 39.7. The quantitative estimate of drug-likeness (QED) is 0.423. The standard InChI is InChI=1S/C24H28F3N5O2S/c1-13(15-8-16(24(25,26)27)10-17(28)9-15)31-20-18-11-19(35-21(18)30-12-29-20)23(34)6-4-14(5-7-23)22(33)32(2)3/h8-14,34H,4-7,28H2,1-3H3,(H,29,30,31)/t13-,14?,23?/m1/s1. The zero-order chi connectivity index (χ0) is 25.5. The minimum Gasteiger partial charge on any atom is -0.399 e. The van der Waals surface area contributed by atoms with Gasteiger partial charge in [0.2, 0.25) is 5.91 Å². The summed E-state index contributed by atoms with van der Waals surface area (Å²) in [5.41, 5.74) is 4.25. The van der Waals surface area contributed by atoms with E-state index in [4.69, 9.17) is 5.73 Å². The van der Waals surface area contributed by atoms with Crippen LogP contribution in [0.4, 0.5) is 24.7 Å². The molecule has 35 heavy (non-hydrogen) atoms. The molecule has 4 rings (SSSR count). The first-order valence-electron chi connectivity index (χ1n) is 11.3. The number of nitrogens with two attached hydrogens (primary N) is 1. The molecular formula is C24H28F3N5O2S. The predicted molar refractivity (Wildman–Crippen MR) is 130 cm³/mol. The van der Waals surface area contributed by atoms with E-state index in [1.54, 1.807) is 25.9 Å². The number of rotatable bonds is 5. The topological polar surface area (TPSA) is 104 Å². The van der Waals surface area contributed by atoms with Gasteiger partial charge in [0.15, 0.2) is 0 Å². The van der Waals surface area contributed by atoms with Crippen molar-refractivity contribution < 1.29 is 23.1 Å². The molecule has 1 aliphatic carbocycles. The Morgan fingerprint density at radius 3 is 2.54 bits per heavy atom. The van der Waals surface area contributed by atoms with E-state index in [1.807, 2.05) is 6.07 Å². The summed E-state index contributed by atoms with van der Waals surface area (Å²) in [5.74, 6) is 0.434. The van der Waals surface area contributed by atoms with Crippen LogP contribution in [0.2, 0.25) is 0 Å². The third-order valence-corrected chi connectivity index (χ3v) is 7.79. The molecule has 1 aromatic carbocycles. The zero-order valence-electron chi connectivity index (χ0n) is 19.7. The molecule has 0 radical (unpaired) electrons. The average molecular weight is 508 g/mol. The Morgan fingerprint density at radius 1 is 1.23 bits per heavy atom. The van der Waals surface area contributed by atoms with E-state index in [-0.39, 0.29) is 17.5 Å². The maximum atomic E-state index is 13.2. The lowest BCUT2D eigenvalue weighted by molar-refractivity contribution is -0.138. The summed E-state index contributed by atoms with van der Waals surface area (Å²) >= 11 is 1.36. The number of benzene rings is 1. The fourth-order valence-electron chi connectivity index (χ4n) is 4.53. The first-order valence-corrected chi connectivity index (χ1v) is 12.1. The van der Waals surface area contributed by atoms with Gasteiger partial charge in [0.05, 0.1) is 22.6 Å². The maximum Gasteiger partial charge on any atom is 0.416 e. The number of thiophene rings is 1. The smallest absolute Gasteiger partial charge is 0.399 e. The van der Waals surface area contributed by atoms with Gasteiger partial charge in [-0.25, -0.2) is 9.97 Å². The third-order valence-electron chi connectivity index (χ3n) is 6.55. The Balaban J connectivity index is 1.57. The van der Waals surface area contributed by atoms with Gasteiger partial charge in [-0.05, 0) is 62.4 Å². The second kappa shape index (κ2) is 9.27. The molecule has 1 amide bonds. The lowest BCUT2D eigenvalue weighted by Gasteiger charge is -2.35. The van der Waals surface area contributed by atoms with Gasteiger partial charge in [0.1, 0.15) is 17.0 Å². The number of hydrogen-bond donors (Lipinski definition) is 3. The van der Waals surface area contributed by atoms with Crippen molar-refractivity contribution in [2.24, 2.45) is 5.92 Å². The number of alkyl halides is 3. The molecule has 4 N–H and O–H groups in total. The van der Waals surface area contributed by atoms with E-state index in [2.05, 4.69) is 15.3 Å². The number of carbonyl (C=O) groups excluding carboxylic acids is 1. The van der Waals surface area contributed by atoms with Gasteiger partial charge in [0.25, 0.3) is 0 Å². The number of anilines is 2. The van der Waals surface area contributed by atoms with Gasteiger partial charge in [-0.2, -0.15) is 13.2 Å². The lowest BCUT2D eigenvalue weighted by Crippen LogP contribution is -2.37. The summed E-state index contributed by atoms with van der Waals surface area (Å²) in [6, 6.07) is 4.80. The first kappa shape index (κ1) is 25.2. The van der Waals surface area contributed by atoms with Crippen molar-refractivity contribution in [3.8, 4) is 0 Å². The first-order chi connectivity index (χ1) is 16.4. The van der Waals surface area contributed by atoms with Crippen molar-refractivity contribution in [2.45, 2.75) is 50.4 Å². The van der Waals surface area contributed by atoms with Crippen LogP contribution in [-0.2, 0) is 16.6 Å². The van der Waals surface area contributed by atoms with Gasteiger partial charge >= 0.3 is 6.18 Å². The van der Waals surface area contributed by atoms with Crippen LogP contribution in [0.5, 0.6) is 0 Å². The molecule has 0 unspecified atom stereocenters. The summed E-state index contributed by atoms with van der Waals surface area (Å²) in [6.07, 6.45) is -1.02. The number of nitrogens with one attached hydrogen (secondary N) is 1. The van der Waals surface area contributed by atoms with E-state index >= 15 is 0 Å². The average Bonchev–Trinajstić information content (AvgIpc) is 3.24. The number of nitrogens with zero attached hydrogens (tertiary/aromatic N) is 3. The largest absolute Gasteiger partial charge is 0.416 e. The van der Waals surface area contributed by atoms with E-state index < -0.39 is 23.4 Å². The van der Waals surface area contributed by atoms with Crippen molar-refractivity contribution in [1.82, 2.24) is 14.9 Å². The number of aliphatic hydroxyl groups is 1. The van der Waals surface area contributed by atoms with Crippen LogP contribution in [0.1, 0.15) is 54.7 Å². The van der Waals surface area contributed by atoms with Crippen molar-refractivity contribution in [2.75, 3.05) is 25.1 Å². The normalized spacial score (nSPS) is 21.6.